The minimum absolute atomic E-state index is 0.414. The van der Waals surface area contributed by atoms with Crippen molar-refractivity contribution in [1.29, 1.82) is 0 Å². The molecule has 0 spiro atoms. The smallest absolute Gasteiger partial charge is 0.0406 e. The lowest BCUT2D eigenvalue weighted by atomic mass is 10.0. The van der Waals surface area contributed by atoms with E-state index in [0.717, 1.165) is 18.1 Å². The van der Waals surface area contributed by atoms with Crippen molar-refractivity contribution in [3.8, 4) is 0 Å². The van der Waals surface area contributed by atoms with E-state index in [1.54, 1.807) is 0 Å². The molecule has 18 heavy (non-hydrogen) atoms. The third kappa shape index (κ3) is 4.60. The molecule has 0 amide bonds. The average molecular weight is 269 g/mol. The van der Waals surface area contributed by atoms with Gasteiger partial charge in [-0.3, -0.25) is 4.90 Å². The highest BCUT2D eigenvalue weighted by Crippen LogP contribution is 2.21. The minimum Gasteiger partial charge on any atom is -0.330 e. The van der Waals surface area contributed by atoms with Crippen molar-refractivity contribution in [3.63, 3.8) is 0 Å². The second kappa shape index (κ2) is 7.78. The lowest BCUT2D eigenvalue weighted by molar-refractivity contribution is 0.239. The van der Waals surface area contributed by atoms with E-state index in [1.165, 1.54) is 18.4 Å². The molecular weight excluding hydrogens is 244 g/mol. The molecule has 102 valence electrons. The summed E-state index contributed by atoms with van der Waals surface area (Å²) in [6.45, 7) is 6.31. The Morgan fingerprint density at radius 3 is 2.39 bits per heavy atom. The van der Waals surface area contributed by atoms with Crippen LogP contribution in [0.2, 0.25) is 5.02 Å². The maximum atomic E-state index is 5.91. The Morgan fingerprint density at radius 1 is 1.28 bits per heavy atom. The predicted molar refractivity (Wildman–Crippen MR) is 79.9 cm³/mol. The average Bonchev–Trinajstić information content (AvgIpc) is 2.39. The third-order valence-corrected chi connectivity index (χ3v) is 4.07. The molecule has 2 N–H and O–H groups in total. The zero-order valence-electron chi connectivity index (χ0n) is 11.7. The van der Waals surface area contributed by atoms with Crippen molar-refractivity contribution < 1.29 is 0 Å². The van der Waals surface area contributed by atoms with Crippen LogP contribution < -0.4 is 5.73 Å². The largest absolute Gasteiger partial charge is 0.330 e. The van der Waals surface area contributed by atoms with Crippen LogP contribution in [-0.4, -0.2) is 25.0 Å². The summed E-state index contributed by atoms with van der Waals surface area (Å²) in [5.41, 5.74) is 7.05. The summed E-state index contributed by atoms with van der Waals surface area (Å²) in [6, 6.07) is 8.52. The summed E-state index contributed by atoms with van der Waals surface area (Å²) in [4.78, 5) is 2.38. The molecule has 0 aromatic heterocycles. The first-order valence-corrected chi connectivity index (χ1v) is 7.12. The molecule has 2 unspecified atom stereocenters. The van der Waals surface area contributed by atoms with E-state index in [1.807, 2.05) is 12.1 Å². The lowest BCUT2D eigenvalue weighted by Gasteiger charge is -2.26. The summed E-state index contributed by atoms with van der Waals surface area (Å²) in [5, 5.41) is 0.794. The Bertz CT molecular complexity index is 333. The van der Waals surface area contributed by atoms with Crippen LogP contribution in [0.1, 0.15) is 38.3 Å². The van der Waals surface area contributed by atoms with Crippen molar-refractivity contribution in [1.82, 2.24) is 4.90 Å². The molecule has 1 rings (SSSR count). The van der Waals surface area contributed by atoms with Gasteiger partial charge in [0.15, 0.2) is 0 Å². The van der Waals surface area contributed by atoms with Crippen LogP contribution in [0, 0.1) is 5.92 Å². The molecule has 0 aliphatic heterocycles. The Morgan fingerprint density at radius 2 is 1.89 bits per heavy atom. The Labute approximate surface area is 116 Å². The van der Waals surface area contributed by atoms with Gasteiger partial charge in [0.2, 0.25) is 0 Å². The fourth-order valence-electron chi connectivity index (χ4n) is 2.06. The van der Waals surface area contributed by atoms with Crippen molar-refractivity contribution in [2.45, 2.75) is 32.7 Å². The number of hydrogen-bond acceptors (Lipinski definition) is 2. The lowest BCUT2D eigenvalue weighted by Crippen LogP contribution is -2.26. The van der Waals surface area contributed by atoms with Crippen LogP contribution in [0.5, 0.6) is 0 Å². The maximum absolute atomic E-state index is 5.91. The van der Waals surface area contributed by atoms with Gasteiger partial charge in [-0.05, 0) is 57.1 Å². The topological polar surface area (TPSA) is 29.3 Å². The van der Waals surface area contributed by atoms with Crippen LogP contribution in [0.4, 0.5) is 0 Å². The molecule has 0 saturated carbocycles. The first-order chi connectivity index (χ1) is 8.58. The van der Waals surface area contributed by atoms with Gasteiger partial charge in [-0.2, -0.15) is 0 Å². The molecule has 0 bridgehead atoms. The Balaban J connectivity index is 2.50. The monoisotopic (exact) mass is 268 g/mol. The second-order valence-corrected chi connectivity index (χ2v) is 5.44. The van der Waals surface area contributed by atoms with Crippen molar-refractivity contribution in [2.75, 3.05) is 20.1 Å². The van der Waals surface area contributed by atoms with Crippen LogP contribution in [0.25, 0.3) is 0 Å². The third-order valence-electron chi connectivity index (χ3n) is 3.81. The van der Waals surface area contributed by atoms with E-state index in [0.29, 0.717) is 12.0 Å². The predicted octanol–water partition coefficient (Wildman–Crippen LogP) is 3.71. The summed E-state index contributed by atoms with van der Waals surface area (Å²) in [6.07, 6.45) is 2.33. The molecule has 0 heterocycles. The molecule has 2 nitrogen and oxygen atoms in total. The summed E-state index contributed by atoms with van der Waals surface area (Å²) >= 11 is 5.91. The molecule has 0 radical (unpaired) electrons. The maximum Gasteiger partial charge on any atom is 0.0406 e. The van der Waals surface area contributed by atoms with Crippen molar-refractivity contribution in [3.05, 3.63) is 34.9 Å². The highest BCUT2D eigenvalue weighted by atomic mass is 35.5. The highest BCUT2D eigenvalue weighted by molar-refractivity contribution is 6.30. The van der Waals surface area contributed by atoms with Gasteiger partial charge < -0.3 is 5.73 Å². The van der Waals surface area contributed by atoms with Crippen LogP contribution in [-0.2, 0) is 0 Å². The number of hydrogen-bond donors (Lipinski definition) is 1. The van der Waals surface area contributed by atoms with Crippen molar-refractivity contribution >= 4 is 11.6 Å². The molecule has 0 aliphatic rings. The standard InChI is InChI=1S/C15H25ClN2/c1-4-13(11-17)9-10-18(3)12(2)14-5-7-15(16)8-6-14/h5-8,12-13H,4,9-11,17H2,1-3H3. The van der Waals surface area contributed by atoms with Crippen LogP contribution >= 0.6 is 11.6 Å². The number of rotatable bonds is 7. The molecule has 1 aromatic rings. The van der Waals surface area contributed by atoms with Gasteiger partial charge in [0, 0.05) is 11.1 Å². The normalized spacial score (nSPS) is 14.8. The zero-order valence-corrected chi connectivity index (χ0v) is 12.5. The molecular formula is C15H25ClN2. The van der Waals surface area contributed by atoms with Gasteiger partial charge in [0.05, 0.1) is 0 Å². The van der Waals surface area contributed by atoms with Gasteiger partial charge in [-0.1, -0.05) is 37.1 Å². The summed E-state index contributed by atoms with van der Waals surface area (Å²) in [7, 11) is 2.17. The van der Waals surface area contributed by atoms with Gasteiger partial charge in [0.25, 0.3) is 0 Å². The van der Waals surface area contributed by atoms with E-state index >= 15 is 0 Å². The summed E-state index contributed by atoms with van der Waals surface area (Å²) in [5.74, 6) is 0.643. The number of nitrogens with two attached hydrogens (primary N) is 1. The zero-order chi connectivity index (χ0) is 13.5. The van der Waals surface area contributed by atoms with E-state index < -0.39 is 0 Å². The fourth-order valence-corrected chi connectivity index (χ4v) is 2.19. The van der Waals surface area contributed by atoms with E-state index in [2.05, 4.69) is 37.9 Å². The molecule has 1 aromatic carbocycles. The van der Waals surface area contributed by atoms with Gasteiger partial charge >= 0.3 is 0 Å². The highest BCUT2D eigenvalue weighted by Gasteiger charge is 2.13. The first kappa shape index (κ1) is 15.5. The fraction of sp³-hybridized carbons (Fsp3) is 0.600. The van der Waals surface area contributed by atoms with E-state index in [9.17, 15) is 0 Å². The van der Waals surface area contributed by atoms with Crippen LogP contribution in [0.3, 0.4) is 0 Å². The van der Waals surface area contributed by atoms with Gasteiger partial charge in [0.1, 0.15) is 0 Å². The SMILES string of the molecule is CCC(CN)CCN(C)C(C)c1ccc(Cl)cc1. The minimum atomic E-state index is 0.414. The molecule has 2 atom stereocenters. The molecule has 0 fully saturated rings. The Kier molecular flexibility index (Phi) is 6.69. The molecule has 0 aliphatic carbocycles. The first-order valence-electron chi connectivity index (χ1n) is 6.74. The molecule has 0 saturated heterocycles. The Hall–Kier alpha value is -0.570. The number of halogens is 1. The van der Waals surface area contributed by atoms with E-state index in [-0.39, 0.29) is 0 Å². The quantitative estimate of drug-likeness (QED) is 0.817. The molecule has 3 heteroatoms. The van der Waals surface area contributed by atoms with Gasteiger partial charge in [-0.15, -0.1) is 0 Å². The number of nitrogens with zero attached hydrogens (tertiary/aromatic N) is 1. The van der Waals surface area contributed by atoms with Crippen molar-refractivity contribution in [2.24, 2.45) is 11.7 Å². The van der Waals surface area contributed by atoms with Crippen LogP contribution in [0.15, 0.2) is 24.3 Å². The van der Waals surface area contributed by atoms with E-state index in [4.69, 9.17) is 17.3 Å². The summed E-state index contributed by atoms with van der Waals surface area (Å²) < 4.78 is 0. The second-order valence-electron chi connectivity index (χ2n) is 5.01. The number of benzene rings is 1. The van der Waals surface area contributed by atoms with Gasteiger partial charge in [-0.25, -0.2) is 0 Å².